The van der Waals surface area contributed by atoms with Crippen LogP contribution in [0.15, 0.2) is 52.4 Å². The van der Waals surface area contributed by atoms with Crippen molar-refractivity contribution >= 4 is 21.3 Å². The van der Waals surface area contributed by atoms with Gasteiger partial charge in [0.15, 0.2) is 16.4 Å². The highest BCUT2D eigenvalue weighted by atomic mass is 32.2. The maximum Gasteiger partial charge on any atom is 0.217 e. The molecule has 3 rings (SSSR count). The Kier molecular flexibility index (Phi) is 3.45. The standard InChI is InChI=1S/C14H14N4O3S/c1-15-13-12(22(19,20)10-6-4-3-5-7-10)14-16-9-8-11(21-2)18(14)17-13/h3-9H,1-2H3,(H,15,17). The first-order chi connectivity index (χ1) is 10.6. The fourth-order valence-corrected chi connectivity index (χ4v) is 3.72. The van der Waals surface area contributed by atoms with Crippen molar-refractivity contribution in [1.82, 2.24) is 14.6 Å². The van der Waals surface area contributed by atoms with E-state index in [2.05, 4.69) is 15.4 Å². The lowest BCUT2D eigenvalue weighted by Gasteiger charge is -2.05. The van der Waals surface area contributed by atoms with Crippen LogP contribution in [-0.2, 0) is 9.84 Å². The lowest BCUT2D eigenvalue weighted by Crippen LogP contribution is -2.05. The highest BCUT2D eigenvalue weighted by Gasteiger charge is 2.28. The number of benzene rings is 1. The number of fused-ring (bicyclic) bond motifs is 1. The van der Waals surface area contributed by atoms with Gasteiger partial charge in [-0.3, -0.25) is 0 Å². The number of aromatic nitrogens is 3. The van der Waals surface area contributed by atoms with Crippen molar-refractivity contribution in [3.05, 3.63) is 42.6 Å². The van der Waals surface area contributed by atoms with Crippen LogP contribution >= 0.6 is 0 Å². The van der Waals surface area contributed by atoms with Crippen LogP contribution in [0.3, 0.4) is 0 Å². The number of methoxy groups -OCH3 is 1. The zero-order valence-corrected chi connectivity index (χ0v) is 12.8. The Labute approximate surface area is 127 Å². The molecule has 0 unspecified atom stereocenters. The number of nitrogens with zero attached hydrogens (tertiary/aromatic N) is 3. The van der Waals surface area contributed by atoms with Gasteiger partial charge in [-0.1, -0.05) is 18.2 Å². The molecule has 8 heteroatoms. The Morgan fingerprint density at radius 3 is 2.55 bits per heavy atom. The van der Waals surface area contributed by atoms with Gasteiger partial charge >= 0.3 is 0 Å². The number of nitrogens with one attached hydrogen (secondary N) is 1. The van der Waals surface area contributed by atoms with Crippen LogP contribution in [0.2, 0.25) is 0 Å². The fourth-order valence-electron chi connectivity index (χ4n) is 2.19. The number of rotatable bonds is 4. The quantitative estimate of drug-likeness (QED) is 0.786. The van der Waals surface area contributed by atoms with E-state index in [0.29, 0.717) is 5.88 Å². The molecule has 2 heterocycles. The van der Waals surface area contributed by atoms with Crippen molar-refractivity contribution in [3.63, 3.8) is 0 Å². The predicted molar refractivity (Wildman–Crippen MR) is 81.0 cm³/mol. The molecule has 0 atom stereocenters. The summed E-state index contributed by atoms with van der Waals surface area (Å²) < 4.78 is 32.4. The van der Waals surface area contributed by atoms with Crippen molar-refractivity contribution in [2.24, 2.45) is 0 Å². The first-order valence-electron chi connectivity index (χ1n) is 6.49. The number of hydrogen-bond donors (Lipinski definition) is 1. The van der Waals surface area contributed by atoms with Crippen LogP contribution < -0.4 is 10.1 Å². The minimum absolute atomic E-state index is 0.0279. The van der Waals surface area contributed by atoms with Gasteiger partial charge in [0.1, 0.15) is 0 Å². The van der Waals surface area contributed by atoms with E-state index in [1.165, 1.54) is 17.8 Å². The largest absolute Gasteiger partial charge is 0.481 e. The predicted octanol–water partition coefficient (Wildman–Crippen LogP) is 1.61. The monoisotopic (exact) mass is 318 g/mol. The molecule has 0 spiro atoms. The van der Waals surface area contributed by atoms with Gasteiger partial charge in [0, 0.05) is 19.3 Å². The van der Waals surface area contributed by atoms with E-state index < -0.39 is 9.84 Å². The second-order valence-electron chi connectivity index (χ2n) is 4.47. The van der Waals surface area contributed by atoms with Gasteiger partial charge in [-0.2, -0.15) is 4.52 Å². The maximum absolute atomic E-state index is 12.9. The van der Waals surface area contributed by atoms with Crippen LogP contribution in [0.25, 0.3) is 5.65 Å². The topological polar surface area (TPSA) is 85.6 Å². The summed E-state index contributed by atoms with van der Waals surface area (Å²) in [6.45, 7) is 0. The first-order valence-corrected chi connectivity index (χ1v) is 7.97. The molecule has 3 aromatic rings. The second kappa shape index (κ2) is 5.30. The van der Waals surface area contributed by atoms with Crippen LogP contribution in [0, 0.1) is 0 Å². The molecule has 0 aliphatic rings. The zero-order valence-electron chi connectivity index (χ0n) is 12.0. The Bertz CT molecular complexity index is 920. The van der Waals surface area contributed by atoms with E-state index in [0.717, 1.165) is 0 Å². The number of anilines is 1. The average molecular weight is 318 g/mol. The van der Waals surface area contributed by atoms with Crippen molar-refractivity contribution in [2.75, 3.05) is 19.5 Å². The Hall–Kier alpha value is -2.61. The third kappa shape index (κ3) is 2.08. The molecule has 0 saturated carbocycles. The number of hydrogen-bond acceptors (Lipinski definition) is 6. The van der Waals surface area contributed by atoms with E-state index in [1.54, 1.807) is 43.4 Å². The van der Waals surface area contributed by atoms with Gasteiger partial charge in [0.2, 0.25) is 15.7 Å². The zero-order chi connectivity index (χ0) is 15.7. The first kappa shape index (κ1) is 14.3. The summed E-state index contributed by atoms with van der Waals surface area (Å²) in [5.74, 6) is 0.622. The summed E-state index contributed by atoms with van der Waals surface area (Å²) in [5.41, 5.74) is 0.215. The summed E-state index contributed by atoms with van der Waals surface area (Å²) in [4.78, 5) is 4.37. The summed E-state index contributed by atoms with van der Waals surface area (Å²) in [5, 5.41) is 7.04. The molecule has 114 valence electrons. The Balaban J connectivity index is 2.36. The van der Waals surface area contributed by atoms with Gasteiger partial charge in [-0.15, -0.1) is 5.10 Å². The third-order valence-corrected chi connectivity index (χ3v) is 5.02. The molecular weight excluding hydrogens is 304 g/mol. The third-order valence-electron chi connectivity index (χ3n) is 3.21. The summed E-state index contributed by atoms with van der Waals surface area (Å²) >= 11 is 0. The normalized spacial score (nSPS) is 11.5. The summed E-state index contributed by atoms with van der Waals surface area (Å²) in [7, 11) is -0.658. The highest BCUT2D eigenvalue weighted by Crippen LogP contribution is 2.31. The SMILES string of the molecule is CNc1nn2c(OC)ccnc2c1S(=O)(=O)c1ccccc1. The Morgan fingerprint density at radius 2 is 1.91 bits per heavy atom. The maximum atomic E-state index is 12.9. The molecule has 0 fully saturated rings. The summed E-state index contributed by atoms with van der Waals surface area (Å²) in [6, 6.07) is 9.79. The highest BCUT2D eigenvalue weighted by molar-refractivity contribution is 7.91. The molecule has 2 aromatic heterocycles. The van der Waals surface area contributed by atoms with Crippen LogP contribution in [0.1, 0.15) is 0 Å². The lowest BCUT2D eigenvalue weighted by atomic mass is 10.4. The van der Waals surface area contributed by atoms with E-state index in [-0.39, 0.29) is 21.3 Å². The Morgan fingerprint density at radius 1 is 1.18 bits per heavy atom. The minimum Gasteiger partial charge on any atom is -0.481 e. The van der Waals surface area contributed by atoms with E-state index in [9.17, 15) is 8.42 Å². The molecule has 1 aromatic carbocycles. The molecule has 0 radical (unpaired) electrons. The van der Waals surface area contributed by atoms with E-state index in [4.69, 9.17) is 4.74 Å². The average Bonchev–Trinajstić information content (AvgIpc) is 2.94. The van der Waals surface area contributed by atoms with Gasteiger partial charge in [-0.25, -0.2) is 13.4 Å². The molecule has 7 nitrogen and oxygen atoms in total. The molecule has 0 aliphatic heterocycles. The molecule has 0 amide bonds. The second-order valence-corrected chi connectivity index (χ2v) is 6.35. The summed E-state index contributed by atoms with van der Waals surface area (Å²) in [6.07, 6.45) is 1.49. The van der Waals surface area contributed by atoms with E-state index >= 15 is 0 Å². The van der Waals surface area contributed by atoms with Crippen molar-refractivity contribution in [3.8, 4) is 5.88 Å². The van der Waals surface area contributed by atoms with Gasteiger partial charge in [-0.05, 0) is 12.1 Å². The smallest absolute Gasteiger partial charge is 0.217 e. The van der Waals surface area contributed by atoms with Crippen LogP contribution in [-0.4, -0.2) is 37.2 Å². The van der Waals surface area contributed by atoms with E-state index in [1.807, 2.05) is 0 Å². The molecular formula is C14H14N4O3S. The van der Waals surface area contributed by atoms with Crippen molar-refractivity contribution in [1.29, 1.82) is 0 Å². The molecule has 0 aliphatic carbocycles. The van der Waals surface area contributed by atoms with Crippen LogP contribution in [0.5, 0.6) is 5.88 Å². The molecule has 0 bridgehead atoms. The fraction of sp³-hybridized carbons (Fsp3) is 0.143. The van der Waals surface area contributed by atoms with Crippen molar-refractivity contribution in [2.45, 2.75) is 9.79 Å². The molecule has 0 saturated heterocycles. The molecule has 1 N–H and O–H groups in total. The number of sulfone groups is 1. The minimum atomic E-state index is -3.75. The van der Waals surface area contributed by atoms with Crippen LogP contribution in [0.4, 0.5) is 5.82 Å². The van der Waals surface area contributed by atoms with Gasteiger partial charge < -0.3 is 10.1 Å². The van der Waals surface area contributed by atoms with Gasteiger partial charge in [0.25, 0.3) is 0 Å². The molecule has 22 heavy (non-hydrogen) atoms. The van der Waals surface area contributed by atoms with Gasteiger partial charge in [0.05, 0.1) is 12.0 Å². The van der Waals surface area contributed by atoms with Crippen molar-refractivity contribution < 1.29 is 13.2 Å². The lowest BCUT2D eigenvalue weighted by molar-refractivity contribution is 0.385. The number of ether oxygens (including phenoxy) is 1.